The molecule has 3 rings (SSSR count). The largest absolute Gasteiger partial charge is 0.372 e. The molecule has 24 heavy (non-hydrogen) atoms. The molecule has 2 aliphatic rings. The number of benzene rings is 1. The summed E-state index contributed by atoms with van der Waals surface area (Å²) in [7, 11) is 0. The minimum Gasteiger partial charge on any atom is -0.372 e. The Balaban J connectivity index is 1.36. The summed E-state index contributed by atoms with van der Waals surface area (Å²) in [6, 6.07) is 8.25. The van der Waals surface area contributed by atoms with Gasteiger partial charge in [0.1, 0.15) is 0 Å². The number of hydrogen-bond donors (Lipinski definition) is 2. The number of nitrogens with two attached hydrogens (primary N) is 1. The molecule has 0 atom stereocenters. The average Bonchev–Trinajstić information content (AvgIpc) is 3.15. The lowest BCUT2D eigenvalue weighted by atomic mass is 9.97. The van der Waals surface area contributed by atoms with E-state index in [0.717, 1.165) is 31.7 Å². The van der Waals surface area contributed by atoms with E-state index in [4.69, 9.17) is 0 Å². The lowest BCUT2D eigenvalue weighted by Gasteiger charge is -2.17. The fraction of sp³-hybridized carbons (Fsp3) is 0.550. The van der Waals surface area contributed by atoms with Crippen LogP contribution in [0.4, 0.5) is 11.4 Å². The number of anilines is 2. The summed E-state index contributed by atoms with van der Waals surface area (Å²) >= 11 is 0. The Bertz CT molecular complexity index is 559. The van der Waals surface area contributed by atoms with Gasteiger partial charge >= 0.3 is 0 Å². The number of nitrogens with zero attached hydrogens (tertiary/aromatic N) is 1. The molecule has 4 heteroatoms. The molecule has 0 spiro atoms. The molecule has 0 radical (unpaired) electrons. The smallest absolute Gasteiger partial charge is 0.279 e. The summed E-state index contributed by atoms with van der Waals surface area (Å²) < 4.78 is 0. The van der Waals surface area contributed by atoms with Gasteiger partial charge in [0.2, 0.25) is 0 Å². The quantitative estimate of drug-likeness (QED) is 0.597. The fourth-order valence-corrected chi connectivity index (χ4v) is 3.60. The van der Waals surface area contributed by atoms with E-state index in [1.807, 2.05) is 12.1 Å². The highest BCUT2D eigenvalue weighted by Gasteiger charge is 2.12. The van der Waals surface area contributed by atoms with Crippen molar-refractivity contribution in [3.63, 3.8) is 0 Å². The van der Waals surface area contributed by atoms with Crippen LogP contribution in [0.5, 0.6) is 0 Å². The van der Waals surface area contributed by atoms with Gasteiger partial charge in [-0.15, -0.1) is 0 Å². The molecule has 0 bridgehead atoms. The van der Waals surface area contributed by atoms with Crippen LogP contribution in [-0.2, 0) is 4.79 Å². The number of nitrogens with one attached hydrogen (secondary N) is 1. The maximum Gasteiger partial charge on any atom is 0.279 e. The zero-order valence-electron chi connectivity index (χ0n) is 14.6. The molecule has 1 fully saturated rings. The minimum absolute atomic E-state index is 0.0848. The van der Waals surface area contributed by atoms with Crippen molar-refractivity contribution in [1.29, 1.82) is 0 Å². The Morgan fingerprint density at radius 2 is 1.88 bits per heavy atom. The van der Waals surface area contributed by atoms with Gasteiger partial charge in [-0.05, 0) is 62.8 Å². The highest BCUT2D eigenvalue weighted by Crippen LogP contribution is 2.22. The van der Waals surface area contributed by atoms with Gasteiger partial charge in [-0.3, -0.25) is 4.79 Å². The van der Waals surface area contributed by atoms with Gasteiger partial charge in [0, 0.05) is 30.9 Å². The third-order valence-electron chi connectivity index (χ3n) is 5.01. The summed E-state index contributed by atoms with van der Waals surface area (Å²) in [5.41, 5.74) is 3.74. The molecule has 4 nitrogen and oxygen atoms in total. The Kier molecular flexibility index (Phi) is 6.30. The topological polar surface area (TPSA) is 49.0 Å². The van der Waals surface area contributed by atoms with E-state index >= 15 is 0 Å². The monoisotopic (exact) mass is 328 g/mol. The molecule has 1 aliphatic carbocycles. The Labute approximate surface area is 145 Å². The van der Waals surface area contributed by atoms with Gasteiger partial charge < -0.3 is 15.5 Å². The molecule has 1 aromatic carbocycles. The van der Waals surface area contributed by atoms with Gasteiger partial charge in [0.15, 0.2) is 6.54 Å². The van der Waals surface area contributed by atoms with Crippen LogP contribution in [0.3, 0.4) is 0 Å². The van der Waals surface area contributed by atoms with E-state index < -0.39 is 0 Å². The van der Waals surface area contributed by atoms with E-state index in [2.05, 4.69) is 33.7 Å². The van der Waals surface area contributed by atoms with Gasteiger partial charge in [0.05, 0.1) is 6.54 Å². The molecular formula is C20H30N3O+. The number of allylic oxidation sites excluding steroid dienone is 1. The molecule has 1 amide bonds. The van der Waals surface area contributed by atoms with Gasteiger partial charge in [0.25, 0.3) is 5.91 Å². The third-order valence-corrected chi connectivity index (χ3v) is 5.01. The molecular weight excluding hydrogens is 298 g/mol. The lowest BCUT2D eigenvalue weighted by Crippen LogP contribution is -2.86. The van der Waals surface area contributed by atoms with Crippen molar-refractivity contribution in [3.8, 4) is 0 Å². The van der Waals surface area contributed by atoms with E-state index in [1.54, 1.807) is 5.57 Å². The Morgan fingerprint density at radius 3 is 2.58 bits per heavy atom. The number of rotatable bonds is 7. The first-order chi connectivity index (χ1) is 11.8. The van der Waals surface area contributed by atoms with Crippen LogP contribution in [-0.4, -0.2) is 32.1 Å². The van der Waals surface area contributed by atoms with E-state index in [9.17, 15) is 4.79 Å². The summed E-state index contributed by atoms with van der Waals surface area (Å²) in [6.07, 6.45) is 11.2. The normalized spacial score (nSPS) is 17.7. The molecule has 0 saturated carbocycles. The first-order valence-corrected chi connectivity index (χ1v) is 9.46. The second kappa shape index (κ2) is 8.88. The number of quaternary nitrogens is 1. The first kappa shape index (κ1) is 17.0. The number of amides is 1. The van der Waals surface area contributed by atoms with Gasteiger partial charge in [-0.2, -0.15) is 0 Å². The van der Waals surface area contributed by atoms with Crippen LogP contribution in [0.15, 0.2) is 35.9 Å². The molecule has 1 aliphatic heterocycles. The van der Waals surface area contributed by atoms with E-state index in [0.29, 0.717) is 6.54 Å². The van der Waals surface area contributed by atoms with Crippen LogP contribution >= 0.6 is 0 Å². The zero-order valence-corrected chi connectivity index (χ0v) is 14.6. The van der Waals surface area contributed by atoms with Crippen LogP contribution in [0.1, 0.15) is 44.9 Å². The zero-order chi connectivity index (χ0) is 16.6. The van der Waals surface area contributed by atoms with Crippen molar-refractivity contribution in [2.24, 2.45) is 0 Å². The van der Waals surface area contributed by atoms with Crippen molar-refractivity contribution < 1.29 is 10.1 Å². The number of hydrogen-bond acceptors (Lipinski definition) is 2. The Hall–Kier alpha value is -1.81. The maximum atomic E-state index is 12.0. The number of carbonyl (C=O) groups excluding carboxylic acids is 1. The van der Waals surface area contributed by atoms with Crippen molar-refractivity contribution in [2.75, 3.05) is 36.4 Å². The van der Waals surface area contributed by atoms with Crippen molar-refractivity contribution >= 4 is 17.3 Å². The number of carbonyl (C=O) groups is 1. The predicted octanol–water partition coefficient (Wildman–Crippen LogP) is 2.68. The van der Waals surface area contributed by atoms with Crippen molar-refractivity contribution in [2.45, 2.75) is 44.9 Å². The highest BCUT2D eigenvalue weighted by atomic mass is 16.1. The van der Waals surface area contributed by atoms with Crippen LogP contribution < -0.4 is 15.5 Å². The molecule has 130 valence electrons. The minimum atomic E-state index is 0.0848. The van der Waals surface area contributed by atoms with E-state index in [-0.39, 0.29) is 5.91 Å². The summed E-state index contributed by atoms with van der Waals surface area (Å²) in [4.78, 5) is 14.4. The standard InChI is InChI=1S/C20H29N3O/c24-20(16-21-13-12-17-6-2-1-3-7-17)22-18-8-10-19(11-9-18)23-14-4-5-15-23/h6,8-11,21H,1-5,7,12-16H2,(H,22,24)/p+1. The lowest BCUT2D eigenvalue weighted by molar-refractivity contribution is -0.643. The molecule has 0 aromatic heterocycles. The SMILES string of the molecule is O=C(C[NH2+]CCC1=CCCCC1)Nc1ccc(N2CCCC2)cc1. The van der Waals surface area contributed by atoms with Gasteiger partial charge in [-0.25, -0.2) is 0 Å². The molecule has 1 aromatic rings. The second-order valence-electron chi connectivity index (χ2n) is 6.93. The molecule has 1 heterocycles. The maximum absolute atomic E-state index is 12.0. The average molecular weight is 328 g/mol. The first-order valence-electron chi connectivity index (χ1n) is 9.46. The summed E-state index contributed by atoms with van der Waals surface area (Å²) in [5, 5.41) is 5.11. The van der Waals surface area contributed by atoms with E-state index in [1.165, 1.54) is 44.2 Å². The fourth-order valence-electron chi connectivity index (χ4n) is 3.60. The highest BCUT2D eigenvalue weighted by molar-refractivity contribution is 5.91. The summed E-state index contributed by atoms with van der Waals surface area (Å²) in [5.74, 6) is 0.0848. The predicted molar refractivity (Wildman–Crippen MR) is 99.3 cm³/mol. The van der Waals surface area contributed by atoms with Gasteiger partial charge in [-0.1, -0.05) is 11.6 Å². The Morgan fingerprint density at radius 1 is 1.08 bits per heavy atom. The van der Waals surface area contributed by atoms with Crippen LogP contribution in [0, 0.1) is 0 Å². The van der Waals surface area contributed by atoms with Crippen LogP contribution in [0.2, 0.25) is 0 Å². The molecule has 1 saturated heterocycles. The third kappa shape index (κ3) is 5.10. The molecule has 3 N–H and O–H groups in total. The molecule has 0 unspecified atom stereocenters. The van der Waals surface area contributed by atoms with Crippen molar-refractivity contribution in [1.82, 2.24) is 0 Å². The second-order valence-corrected chi connectivity index (χ2v) is 6.93. The van der Waals surface area contributed by atoms with Crippen molar-refractivity contribution in [3.05, 3.63) is 35.9 Å². The van der Waals surface area contributed by atoms with Crippen LogP contribution in [0.25, 0.3) is 0 Å². The summed E-state index contributed by atoms with van der Waals surface area (Å²) in [6.45, 7) is 3.81.